The highest BCUT2D eigenvalue weighted by molar-refractivity contribution is 7.99. The zero-order chi connectivity index (χ0) is 18.7. The molecule has 1 heterocycles. The number of anilines is 1. The lowest BCUT2D eigenvalue weighted by Crippen LogP contribution is -2.32. The third-order valence-electron chi connectivity index (χ3n) is 3.72. The number of halogens is 2. The van der Waals surface area contributed by atoms with Crippen LogP contribution in [0.2, 0.25) is 10.0 Å². The Morgan fingerprint density at radius 3 is 2.15 bits per heavy atom. The van der Waals surface area contributed by atoms with E-state index in [-0.39, 0.29) is 30.0 Å². The Kier molecular flexibility index (Phi) is 5.86. The van der Waals surface area contributed by atoms with Crippen molar-refractivity contribution in [3.63, 3.8) is 0 Å². The highest BCUT2D eigenvalue weighted by atomic mass is 35.5. The van der Waals surface area contributed by atoms with Crippen molar-refractivity contribution in [3.05, 3.63) is 63.6 Å². The van der Waals surface area contributed by atoms with Crippen LogP contribution >= 0.6 is 35.0 Å². The molecule has 0 bridgehead atoms. The predicted molar refractivity (Wildman–Crippen MR) is 104 cm³/mol. The number of imide groups is 1. The van der Waals surface area contributed by atoms with E-state index < -0.39 is 0 Å². The van der Waals surface area contributed by atoms with Crippen molar-refractivity contribution >= 4 is 58.4 Å². The van der Waals surface area contributed by atoms with Gasteiger partial charge in [0.25, 0.3) is 11.8 Å². The van der Waals surface area contributed by atoms with Gasteiger partial charge in [-0.3, -0.25) is 19.3 Å². The molecule has 1 aliphatic heterocycles. The van der Waals surface area contributed by atoms with Crippen molar-refractivity contribution in [1.82, 2.24) is 4.90 Å². The molecule has 0 unspecified atom stereocenters. The standard InChI is InChI=1S/C18H14Cl2N2O3S/c19-11-7-12(20)9-13(8-11)21-16(23)10-26-6-5-22-17(24)14-3-1-2-4-15(14)18(22)25/h1-4,7-9H,5-6,10H2,(H,21,23). The number of nitrogens with one attached hydrogen (secondary N) is 1. The molecule has 1 aliphatic rings. The Hall–Kier alpha value is -2.02. The number of rotatable bonds is 6. The molecular weight excluding hydrogens is 395 g/mol. The summed E-state index contributed by atoms with van der Waals surface area (Å²) in [6.45, 7) is 0.257. The number of carbonyl (C=O) groups excluding carboxylic acids is 3. The molecule has 134 valence electrons. The molecule has 3 rings (SSSR count). The van der Waals surface area contributed by atoms with Gasteiger partial charge in [0.15, 0.2) is 0 Å². The van der Waals surface area contributed by atoms with Crippen molar-refractivity contribution in [2.75, 3.05) is 23.4 Å². The molecule has 26 heavy (non-hydrogen) atoms. The van der Waals surface area contributed by atoms with Crippen LogP contribution in [-0.2, 0) is 4.79 Å². The van der Waals surface area contributed by atoms with E-state index in [1.807, 2.05) is 0 Å². The largest absolute Gasteiger partial charge is 0.325 e. The van der Waals surface area contributed by atoms with Crippen LogP contribution in [0, 0.1) is 0 Å². The number of carbonyl (C=O) groups is 3. The fraction of sp³-hybridized carbons (Fsp3) is 0.167. The molecule has 0 aliphatic carbocycles. The third kappa shape index (κ3) is 4.20. The van der Waals surface area contributed by atoms with E-state index >= 15 is 0 Å². The molecule has 0 saturated carbocycles. The molecule has 2 aromatic rings. The normalized spacial score (nSPS) is 13.1. The van der Waals surface area contributed by atoms with Gasteiger partial charge in [-0.2, -0.15) is 11.8 Å². The molecule has 8 heteroatoms. The van der Waals surface area contributed by atoms with E-state index in [0.717, 1.165) is 0 Å². The van der Waals surface area contributed by atoms with Crippen LogP contribution in [0.1, 0.15) is 20.7 Å². The van der Waals surface area contributed by atoms with Crippen molar-refractivity contribution < 1.29 is 14.4 Å². The first-order valence-corrected chi connectivity index (χ1v) is 9.65. The first-order valence-electron chi connectivity index (χ1n) is 7.74. The molecule has 0 atom stereocenters. The summed E-state index contributed by atoms with van der Waals surface area (Å²) in [5, 5.41) is 3.58. The highest BCUT2D eigenvalue weighted by Gasteiger charge is 2.34. The van der Waals surface area contributed by atoms with E-state index in [1.54, 1.807) is 42.5 Å². The molecule has 0 saturated heterocycles. The molecule has 3 amide bonds. The van der Waals surface area contributed by atoms with Crippen LogP contribution in [0.25, 0.3) is 0 Å². The van der Waals surface area contributed by atoms with Crippen molar-refractivity contribution in [3.8, 4) is 0 Å². The van der Waals surface area contributed by atoms with Gasteiger partial charge in [0.1, 0.15) is 0 Å². The Bertz CT molecular complexity index is 833. The van der Waals surface area contributed by atoms with E-state index in [9.17, 15) is 14.4 Å². The summed E-state index contributed by atoms with van der Waals surface area (Å²) in [5.74, 6) is -0.133. The summed E-state index contributed by atoms with van der Waals surface area (Å²) in [5.41, 5.74) is 1.38. The summed E-state index contributed by atoms with van der Waals surface area (Å²) < 4.78 is 0. The van der Waals surface area contributed by atoms with E-state index in [0.29, 0.717) is 32.6 Å². The topological polar surface area (TPSA) is 66.5 Å². The number of amides is 3. The number of hydrogen-bond donors (Lipinski definition) is 1. The second kappa shape index (κ2) is 8.12. The minimum atomic E-state index is -0.288. The van der Waals surface area contributed by atoms with E-state index in [4.69, 9.17) is 23.2 Å². The molecule has 5 nitrogen and oxygen atoms in total. The first-order chi connectivity index (χ1) is 12.5. The molecule has 1 N–H and O–H groups in total. The summed E-state index contributed by atoms with van der Waals surface area (Å²) in [6, 6.07) is 11.5. The summed E-state index contributed by atoms with van der Waals surface area (Å²) in [7, 11) is 0. The van der Waals surface area contributed by atoms with E-state index in [1.165, 1.54) is 16.7 Å². The Labute approximate surface area is 164 Å². The maximum absolute atomic E-state index is 12.2. The van der Waals surface area contributed by atoms with Crippen molar-refractivity contribution in [2.45, 2.75) is 0 Å². The Morgan fingerprint density at radius 1 is 1.00 bits per heavy atom. The van der Waals surface area contributed by atoms with Gasteiger partial charge >= 0.3 is 0 Å². The molecule has 0 fully saturated rings. The monoisotopic (exact) mass is 408 g/mol. The zero-order valence-corrected chi connectivity index (χ0v) is 15.8. The first kappa shape index (κ1) is 18.8. The number of fused-ring (bicyclic) bond motifs is 1. The molecule has 0 radical (unpaired) electrons. The number of hydrogen-bond acceptors (Lipinski definition) is 4. The number of thioether (sulfide) groups is 1. The van der Waals surface area contributed by atoms with Crippen LogP contribution in [0.3, 0.4) is 0 Å². The van der Waals surface area contributed by atoms with Crippen LogP contribution in [-0.4, -0.2) is 40.7 Å². The summed E-state index contributed by atoms with van der Waals surface area (Å²) >= 11 is 13.1. The van der Waals surface area contributed by atoms with Gasteiger partial charge in [-0.15, -0.1) is 0 Å². The van der Waals surface area contributed by atoms with Gasteiger partial charge < -0.3 is 5.32 Å². The summed E-state index contributed by atoms with van der Waals surface area (Å²) in [4.78, 5) is 37.7. The fourth-order valence-corrected chi connectivity index (χ4v) is 3.83. The lowest BCUT2D eigenvalue weighted by Gasteiger charge is -2.13. The lowest BCUT2D eigenvalue weighted by molar-refractivity contribution is -0.113. The number of nitrogens with zero attached hydrogens (tertiary/aromatic N) is 1. The third-order valence-corrected chi connectivity index (χ3v) is 5.09. The molecule has 0 spiro atoms. The Balaban J connectivity index is 1.47. The predicted octanol–water partition coefficient (Wildman–Crippen LogP) is 3.96. The fourth-order valence-electron chi connectivity index (χ4n) is 2.59. The highest BCUT2D eigenvalue weighted by Crippen LogP contribution is 2.24. The molecule has 0 aromatic heterocycles. The SMILES string of the molecule is O=C(CSCCN1C(=O)c2ccccc2C1=O)Nc1cc(Cl)cc(Cl)c1. The van der Waals surface area contributed by atoms with Gasteiger partial charge in [0.05, 0.1) is 16.9 Å². The van der Waals surface area contributed by atoms with Gasteiger partial charge in [-0.25, -0.2) is 0 Å². The maximum Gasteiger partial charge on any atom is 0.261 e. The second-order valence-electron chi connectivity index (χ2n) is 5.57. The van der Waals surface area contributed by atoms with Crippen LogP contribution in [0.15, 0.2) is 42.5 Å². The average Bonchev–Trinajstić information content (AvgIpc) is 2.82. The number of benzene rings is 2. The smallest absolute Gasteiger partial charge is 0.261 e. The molecular formula is C18H14Cl2N2O3S. The van der Waals surface area contributed by atoms with Gasteiger partial charge in [0, 0.05) is 28.0 Å². The molecule has 2 aromatic carbocycles. The van der Waals surface area contributed by atoms with Crippen molar-refractivity contribution in [1.29, 1.82) is 0 Å². The lowest BCUT2D eigenvalue weighted by atomic mass is 10.1. The second-order valence-corrected chi connectivity index (χ2v) is 7.54. The van der Waals surface area contributed by atoms with Gasteiger partial charge in [-0.1, -0.05) is 35.3 Å². The minimum absolute atomic E-state index is 0.188. The van der Waals surface area contributed by atoms with Gasteiger partial charge in [0.2, 0.25) is 5.91 Å². The van der Waals surface area contributed by atoms with E-state index in [2.05, 4.69) is 5.32 Å². The van der Waals surface area contributed by atoms with Crippen LogP contribution in [0.4, 0.5) is 5.69 Å². The van der Waals surface area contributed by atoms with Crippen molar-refractivity contribution in [2.24, 2.45) is 0 Å². The van der Waals surface area contributed by atoms with Gasteiger partial charge in [-0.05, 0) is 30.3 Å². The minimum Gasteiger partial charge on any atom is -0.325 e. The van der Waals surface area contributed by atoms with Crippen LogP contribution < -0.4 is 5.32 Å². The summed E-state index contributed by atoms with van der Waals surface area (Å²) in [6.07, 6.45) is 0. The zero-order valence-electron chi connectivity index (χ0n) is 13.5. The maximum atomic E-state index is 12.2. The Morgan fingerprint density at radius 2 is 1.58 bits per heavy atom. The average molecular weight is 409 g/mol. The van der Waals surface area contributed by atoms with Crippen LogP contribution in [0.5, 0.6) is 0 Å². The quantitative estimate of drug-likeness (QED) is 0.580.